The number of carbonyl (C=O) groups is 2. The highest BCUT2D eigenvalue weighted by atomic mass is 79.9. The summed E-state index contributed by atoms with van der Waals surface area (Å²) >= 11 is 3.44. The lowest BCUT2D eigenvalue weighted by atomic mass is 9.94. The summed E-state index contributed by atoms with van der Waals surface area (Å²) in [7, 11) is 1.55. The fraction of sp³-hybridized carbons (Fsp3) is 0.0526. The van der Waals surface area contributed by atoms with E-state index in [0.29, 0.717) is 28.0 Å². The van der Waals surface area contributed by atoms with Crippen LogP contribution in [-0.2, 0) is 0 Å². The summed E-state index contributed by atoms with van der Waals surface area (Å²) < 4.78 is 6.01. The molecule has 4 rings (SSSR count). The van der Waals surface area contributed by atoms with Crippen molar-refractivity contribution >= 4 is 44.2 Å². The average Bonchev–Trinajstić information content (AvgIpc) is 2.59. The highest BCUT2D eigenvalue weighted by Gasteiger charge is 2.34. The lowest BCUT2D eigenvalue weighted by Crippen LogP contribution is -2.40. The Balaban J connectivity index is 1.97. The van der Waals surface area contributed by atoms with E-state index < -0.39 is 0 Å². The van der Waals surface area contributed by atoms with Gasteiger partial charge in [-0.25, -0.2) is 4.90 Å². The second-order valence-electron chi connectivity index (χ2n) is 5.50. The molecule has 0 spiro atoms. The van der Waals surface area contributed by atoms with Crippen LogP contribution in [0.4, 0.5) is 5.69 Å². The Morgan fingerprint density at radius 2 is 1.67 bits per heavy atom. The number of hydrogen-bond donors (Lipinski definition) is 0. The molecule has 3 aromatic carbocycles. The number of methoxy groups -OCH3 is 1. The third kappa shape index (κ3) is 2.12. The van der Waals surface area contributed by atoms with Crippen LogP contribution in [0.2, 0.25) is 0 Å². The van der Waals surface area contributed by atoms with Crippen molar-refractivity contribution in [1.82, 2.24) is 0 Å². The Morgan fingerprint density at radius 1 is 0.917 bits per heavy atom. The van der Waals surface area contributed by atoms with Gasteiger partial charge >= 0.3 is 0 Å². The molecule has 0 saturated heterocycles. The van der Waals surface area contributed by atoms with E-state index in [-0.39, 0.29) is 11.8 Å². The largest absolute Gasteiger partial charge is 0.497 e. The van der Waals surface area contributed by atoms with Crippen LogP contribution in [0.1, 0.15) is 20.7 Å². The number of ether oxygens (including phenoxy) is 1. The summed E-state index contributed by atoms with van der Waals surface area (Å²) in [6, 6.07) is 16.1. The first kappa shape index (κ1) is 14.9. The zero-order valence-corrected chi connectivity index (χ0v) is 14.3. The van der Waals surface area contributed by atoms with Gasteiger partial charge < -0.3 is 4.74 Å². The van der Waals surface area contributed by atoms with Gasteiger partial charge in [-0.15, -0.1) is 0 Å². The molecule has 1 heterocycles. The summed E-state index contributed by atoms with van der Waals surface area (Å²) in [5.41, 5.74) is 1.53. The second kappa shape index (κ2) is 5.46. The monoisotopic (exact) mass is 381 g/mol. The Hall–Kier alpha value is -2.66. The molecule has 24 heavy (non-hydrogen) atoms. The number of carbonyl (C=O) groups excluding carboxylic acids is 2. The van der Waals surface area contributed by atoms with Crippen LogP contribution in [0.15, 0.2) is 59.1 Å². The molecular weight excluding hydrogens is 370 g/mol. The van der Waals surface area contributed by atoms with Gasteiger partial charge in [0.15, 0.2) is 0 Å². The van der Waals surface area contributed by atoms with E-state index in [0.717, 1.165) is 9.86 Å². The summed E-state index contributed by atoms with van der Waals surface area (Å²) in [6.07, 6.45) is 0. The average molecular weight is 382 g/mol. The molecule has 5 heteroatoms. The molecule has 0 atom stereocenters. The van der Waals surface area contributed by atoms with Crippen molar-refractivity contribution in [2.45, 2.75) is 0 Å². The number of halogens is 1. The molecule has 0 saturated carbocycles. The molecule has 1 aliphatic heterocycles. The second-order valence-corrected chi connectivity index (χ2v) is 6.42. The van der Waals surface area contributed by atoms with Gasteiger partial charge in [0, 0.05) is 21.5 Å². The SMILES string of the molecule is COc1cccc(N2C(=O)c3cccc4cc(Br)cc(c34)C2=O)c1. The standard InChI is InChI=1S/C19H12BrNO3/c1-24-14-6-3-5-13(10-14)21-18(22)15-7-2-4-11-8-12(20)9-16(17(11)15)19(21)23/h2-10H,1H3. The maximum Gasteiger partial charge on any atom is 0.266 e. The molecule has 0 N–H and O–H groups in total. The fourth-order valence-corrected chi connectivity index (χ4v) is 3.53. The summed E-state index contributed by atoms with van der Waals surface area (Å²) in [5, 5.41) is 1.57. The van der Waals surface area contributed by atoms with Crippen molar-refractivity contribution in [1.29, 1.82) is 0 Å². The van der Waals surface area contributed by atoms with E-state index in [4.69, 9.17) is 4.74 Å². The predicted octanol–water partition coefficient (Wildman–Crippen LogP) is 4.41. The number of imide groups is 1. The zero-order valence-electron chi connectivity index (χ0n) is 12.7. The molecular formula is C19H12BrNO3. The van der Waals surface area contributed by atoms with Gasteiger partial charge in [-0.3, -0.25) is 9.59 Å². The van der Waals surface area contributed by atoms with Gasteiger partial charge in [-0.05, 0) is 35.7 Å². The molecule has 0 unspecified atom stereocenters. The van der Waals surface area contributed by atoms with Gasteiger partial charge in [-0.2, -0.15) is 0 Å². The Labute approximate surface area is 146 Å². The van der Waals surface area contributed by atoms with E-state index in [1.54, 1.807) is 43.5 Å². The Morgan fingerprint density at radius 3 is 2.46 bits per heavy atom. The lowest BCUT2D eigenvalue weighted by molar-refractivity contribution is 0.0893. The van der Waals surface area contributed by atoms with Crippen LogP contribution >= 0.6 is 15.9 Å². The summed E-state index contributed by atoms with van der Waals surface area (Å²) in [4.78, 5) is 27.2. The van der Waals surface area contributed by atoms with Crippen molar-refractivity contribution in [3.8, 4) is 5.75 Å². The molecule has 1 aliphatic rings. The number of amides is 2. The molecule has 0 aromatic heterocycles. The molecule has 2 amide bonds. The van der Waals surface area contributed by atoms with Gasteiger partial charge in [0.1, 0.15) is 5.75 Å². The third-order valence-electron chi connectivity index (χ3n) is 4.12. The van der Waals surface area contributed by atoms with E-state index in [2.05, 4.69) is 15.9 Å². The molecule has 3 aromatic rings. The van der Waals surface area contributed by atoms with Crippen molar-refractivity contribution in [3.63, 3.8) is 0 Å². The maximum absolute atomic E-state index is 13.0. The Bertz CT molecular complexity index is 1010. The van der Waals surface area contributed by atoms with E-state index in [1.807, 2.05) is 18.2 Å². The minimum Gasteiger partial charge on any atom is -0.497 e. The quantitative estimate of drug-likeness (QED) is 0.617. The van der Waals surface area contributed by atoms with Gasteiger partial charge in [0.25, 0.3) is 11.8 Å². The van der Waals surface area contributed by atoms with Crippen molar-refractivity contribution in [3.05, 3.63) is 70.2 Å². The molecule has 4 nitrogen and oxygen atoms in total. The predicted molar refractivity (Wildman–Crippen MR) is 95.8 cm³/mol. The number of anilines is 1. The van der Waals surface area contributed by atoms with Crippen molar-refractivity contribution in [2.75, 3.05) is 12.0 Å². The first-order valence-electron chi connectivity index (χ1n) is 7.35. The molecule has 0 bridgehead atoms. The molecule has 0 aliphatic carbocycles. The first-order valence-corrected chi connectivity index (χ1v) is 8.14. The van der Waals surface area contributed by atoms with Crippen LogP contribution < -0.4 is 9.64 Å². The molecule has 0 fully saturated rings. The van der Waals surface area contributed by atoms with Crippen LogP contribution in [0, 0.1) is 0 Å². The summed E-state index contributed by atoms with van der Waals surface area (Å²) in [5.74, 6) is -0.0710. The van der Waals surface area contributed by atoms with Crippen LogP contribution in [0.3, 0.4) is 0 Å². The zero-order chi connectivity index (χ0) is 16.8. The summed E-state index contributed by atoms with van der Waals surface area (Å²) in [6.45, 7) is 0. The Kier molecular flexibility index (Phi) is 3.39. The van der Waals surface area contributed by atoms with Gasteiger partial charge in [0.05, 0.1) is 18.4 Å². The van der Waals surface area contributed by atoms with E-state index in [1.165, 1.54) is 4.90 Å². The van der Waals surface area contributed by atoms with Gasteiger partial charge in [-0.1, -0.05) is 34.1 Å². The van der Waals surface area contributed by atoms with Gasteiger partial charge in [0.2, 0.25) is 0 Å². The molecule has 0 radical (unpaired) electrons. The topological polar surface area (TPSA) is 46.6 Å². The minimum atomic E-state index is -0.335. The smallest absolute Gasteiger partial charge is 0.266 e. The number of hydrogen-bond acceptors (Lipinski definition) is 3. The normalized spacial score (nSPS) is 13.5. The number of nitrogens with zero attached hydrogens (tertiary/aromatic N) is 1. The lowest BCUT2D eigenvalue weighted by Gasteiger charge is -2.27. The molecule has 118 valence electrons. The number of rotatable bonds is 2. The highest BCUT2D eigenvalue weighted by Crippen LogP contribution is 2.35. The van der Waals surface area contributed by atoms with E-state index in [9.17, 15) is 9.59 Å². The van der Waals surface area contributed by atoms with Crippen LogP contribution in [-0.4, -0.2) is 18.9 Å². The number of benzene rings is 3. The highest BCUT2D eigenvalue weighted by molar-refractivity contribution is 9.10. The minimum absolute atomic E-state index is 0.325. The third-order valence-corrected chi connectivity index (χ3v) is 4.58. The van der Waals surface area contributed by atoms with Crippen LogP contribution in [0.5, 0.6) is 5.75 Å². The van der Waals surface area contributed by atoms with Crippen molar-refractivity contribution < 1.29 is 14.3 Å². The first-order chi connectivity index (χ1) is 11.6. The maximum atomic E-state index is 13.0. The van der Waals surface area contributed by atoms with Crippen molar-refractivity contribution in [2.24, 2.45) is 0 Å². The van der Waals surface area contributed by atoms with E-state index >= 15 is 0 Å². The fourth-order valence-electron chi connectivity index (χ4n) is 3.06. The van der Waals surface area contributed by atoms with Crippen LogP contribution in [0.25, 0.3) is 10.8 Å².